The van der Waals surface area contributed by atoms with E-state index in [1.165, 1.54) is 52.5 Å². The van der Waals surface area contributed by atoms with Crippen molar-refractivity contribution in [2.24, 2.45) is 0 Å². The number of amides is 1. The molecule has 3 aromatic rings. The van der Waals surface area contributed by atoms with Crippen LogP contribution in [0.1, 0.15) is 42.5 Å². The third-order valence-electron chi connectivity index (χ3n) is 6.66. The molecule has 1 N–H and O–H groups in total. The zero-order chi connectivity index (χ0) is 24.6. The highest BCUT2D eigenvalue weighted by molar-refractivity contribution is 7.92. The number of carbonyl (C=O) groups is 1. The lowest BCUT2D eigenvalue weighted by Crippen LogP contribution is -2.51. The number of para-hydroxylation sites is 2. The maximum atomic E-state index is 13.5. The second kappa shape index (κ2) is 9.55. The Kier molecular flexibility index (Phi) is 6.47. The van der Waals surface area contributed by atoms with Crippen LogP contribution in [0.3, 0.4) is 0 Å². The smallest absolute Gasteiger partial charge is 0.264 e. The highest BCUT2D eigenvalue weighted by Gasteiger charge is 2.37. The first-order chi connectivity index (χ1) is 16.8. The molecule has 182 valence electrons. The van der Waals surface area contributed by atoms with Crippen molar-refractivity contribution in [1.29, 1.82) is 0 Å². The fraction of sp³-hybridized carbons (Fsp3) is 0.296. The third kappa shape index (κ3) is 4.75. The van der Waals surface area contributed by atoms with Gasteiger partial charge < -0.3 is 10.1 Å². The molecule has 8 heteroatoms. The van der Waals surface area contributed by atoms with E-state index in [0.717, 1.165) is 18.4 Å². The summed E-state index contributed by atoms with van der Waals surface area (Å²) in [5, 5.41) is 3.46. The van der Waals surface area contributed by atoms with E-state index in [1.807, 2.05) is 6.92 Å². The predicted molar refractivity (Wildman–Crippen MR) is 136 cm³/mol. The first kappa shape index (κ1) is 23.7. The summed E-state index contributed by atoms with van der Waals surface area (Å²) in [6.45, 7) is 1.80. The summed E-state index contributed by atoms with van der Waals surface area (Å²) in [5.74, 6) is -0.0149. The maximum Gasteiger partial charge on any atom is 0.264 e. The van der Waals surface area contributed by atoms with Gasteiger partial charge in [0.25, 0.3) is 15.9 Å². The van der Waals surface area contributed by atoms with Crippen LogP contribution in [0.15, 0.2) is 71.6 Å². The highest BCUT2D eigenvalue weighted by Crippen LogP contribution is 2.37. The topological polar surface area (TPSA) is 75.7 Å². The summed E-state index contributed by atoms with van der Waals surface area (Å²) in [5.41, 5.74) is 4.15. The Morgan fingerprint density at radius 2 is 1.74 bits per heavy atom. The first-order valence-electron chi connectivity index (χ1n) is 11.8. The zero-order valence-corrected chi connectivity index (χ0v) is 21.0. The van der Waals surface area contributed by atoms with Gasteiger partial charge in [-0.3, -0.25) is 9.10 Å². The van der Waals surface area contributed by atoms with Gasteiger partial charge in [-0.05, 0) is 85.7 Å². The average molecular weight is 511 g/mol. The maximum absolute atomic E-state index is 13.5. The summed E-state index contributed by atoms with van der Waals surface area (Å²) in [6.07, 6.45) is 3.57. The van der Waals surface area contributed by atoms with Crippen LogP contribution in [-0.4, -0.2) is 27.0 Å². The molecule has 0 spiro atoms. The lowest BCUT2D eigenvalue weighted by Gasteiger charge is -2.35. The number of halogens is 1. The van der Waals surface area contributed by atoms with E-state index in [2.05, 4.69) is 23.5 Å². The average Bonchev–Trinajstić information content (AvgIpc) is 2.87. The fourth-order valence-corrected chi connectivity index (χ4v) is 6.31. The number of nitrogens with one attached hydrogen (secondary N) is 1. The lowest BCUT2D eigenvalue weighted by molar-refractivity contribution is -0.128. The van der Waals surface area contributed by atoms with Gasteiger partial charge >= 0.3 is 0 Å². The molecule has 2 aliphatic rings. The third-order valence-corrected chi connectivity index (χ3v) is 8.71. The van der Waals surface area contributed by atoms with E-state index >= 15 is 0 Å². The summed E-state index contributed by atoms with van der Waals surface area (Å²) >= 11 is 5.95. The molecular formula is C27H27ClN2O4S. The van der Waals surface area contributed by atoms with Crippen LogP contribution in [0, 0.1) is 0 Å². The highest BCUT2D eigenvalue weighted by atomic mass is 35.5. The molecule has 2 unspecified atom stereocenters. The second-order valence-corrected chi connectivity index (χ2v) is 11.3. The van der Waals surface area contributed by atoms with E-state index in [9.17, 15) is 13.2 Å². The minimum atomic E-state index is -3.93. The summed E-state index contributed by atoms with van der Waals surface area (Å²) in [7, 11) is -3.93. The van der Waals surface area contributed by atoms with Gasteiger partial charge in [0.15, 0.2) is 6.10 Å². The molecule has 1 amide bonds. The number of fused-ring (bicyclic) bond motifs is 2. The van der Waals surface area contributed by atoms with Crippen molar-refractivity contribution in [3.8, 4) is 5.75 Å². The summed E-state index contributed by atoms with van der Waals surface area (Å²) < 4.78 is 34.2. The standard InChI is InChI=1S/C27H27ClN2O4S/c1-18(20-11-10-19-6-2-3-7-21(19)16-20)29-27(31)26-17-30(24-8-4-5-9-25(24)34-26)35(32,33)23-14-12-22(28)13-15-23/h4-5,8-16,18,26H,2-3,6-7,17H2,1H3,(H,29,31). The normalized spacial score (nSPS) is 18.1. The molecule has 0 fully saturated rings. The number of anilines is 1. The van der Waals surface area contributed by atoms with Crippen LogP contribution in [0.4, 0.5) is 5.69 Å². The van der Waals surface area contributed by atoms with Crippen LogP contribution in [0.5, 0.6) is 5.75 Å². The molecule has 0 aromatic heterocycles. The number of hydrogen-bond acceptors (Lipinski definition) is 4. The van der Waals surface area contributed by atoms with Gasteiger partial charge in [-0.15, -0.1) is 0 Å². The summed E-state index contributed by atoms with van der Waals surface area (Å²) in [6, 6.07) is 19.0. The quantitative estimate of drug-likeness (QED) is 0.521. The zero-order valence-electron chi connectivity index (χ0n) is 19.4. The molecule has 0 radical (unpaired) electrons. The van der Waals surface area contributed by atoms with Crippen molar-refractivity contribution in [3.63, 3.8) is 0 Å². The van der Waals surface area contributed by atoms with Crippen molar-refractivity contribution in [2.75, 3.05) is 10.8 Å². The molecule has 2 atom stereocenters. The van der Waals surface area contributed by atoms with Gasteiger partial charge in [0, 0.05) is 5.02 Å². The Morgan fingerprint density at radius 3 is 2.51 bits per heavy atom. The number of ether oxygens (including phenoxy) is 1. The summed E-state index contributed by atoms with van der Waals surface area (Å²) in [4.78, 5) is 13.4. The lowest BCUT2D eigenvalue weighted by atomic mass is 9.89. The van der Waals surface area contributed by atoms with E-state index in [0.29, 0.717) is 16.5 Å². The molecule has 1 aliphatic carbocycles. The van der Waals surface area contributed by atoms with Gasteiger partial charge in [-0.1, -0.05) is 41.9 Å². The predicted octanol–water partition coefficient (Wildman–Crippen LogP) is 5.05. The number of nitrogens with zero attached hydrogens (tertiary/aromatic N) is 1. The number of benzene rings is 3. The van der Waals surface area contributed by atoms with Crippen molar-refractivity contribution < 1.29 is 17.9 Å². The molecular weight excluding hydrogens is 484 g/mol. The van der Waals surface area contributed by atoms with E-state index in [4.69, 9.17) is 16.3 Å². The molecule has 1 heterocycles. The number of sulfonamides is 1. The number of carbonyl (C=O) groups excluding carboxylic acids is 1. The Balaban J connectivity index is 1.38. The van der Waals surface area contributed by atoms with Gasteiger partial charge in [-0.25, -0.2) is 8.42 Å². The number of hydrogen-bond donors (Lipinski definition) is 1. The number of rotatable bonds is 5. The SMILES string of the molecule is CC(NC(=O)C1CN(S(=O)(=O)c2ccc(Cl)cc2)c2ccccc2O1)c1ccc2c(c1)CCCC2. The van der Waals surface area contributed by atoms with Crippen molar-refractivity contribution in [1.82, 2.24) is 5.32 Å². The molecule has 0 saturated carbocycles. The Labute approximate surface area is 210 Å². The Hall–Kier alpha value is -3.03. The van der Waals surface area contributed by atoms with E-state index in [1.54, 1.807) is 24.3 Å². The second-order valence-electron chi connectivity index (χ2n) is 9.03. The molecule has 6 nitrogen and oxygen atoms in total. The van der Waals surface area contributed by atoms with E-state index in [-0.39, 0.29) is 23.4 Å². The van der Waals surface area contributed by atoms with Crippen LogP contribution >= 0.6 is 11.6 Å². The molecule has 0 bridgehead atoms. The molecule has 3 aromatic carbocycles. The van der Waals surface area contributed by atoms with Crippen molar-refractivity contribution >= 4 is 33.2 Å². The molecule has 35 heavy (non-hydrogen) atoms. The first-order valence-corrected chi connectivity index (χ1v) is 13.6. The largest absolute Gasteiger partial charge is 0.476 e. The van der Waals surface area contributed by atoms with Crippen molar-refractivity contribution in [2.45, 2.75) is 49.6 Å². The van der Waals surface area contributed by atoms with Crippen LogP contribution in [0.2, 0.25) is 5.02 Å². The number of aryl methyl sites for hydroxylation is 2. The van der Waals surface area contributed by atoms with Gasteiger partial charge in [0.1, 0.15) is 5.75 Å². The molecule has 5 rings (SSSR count). The minimum Gasteiger partial charge on any atom is -0.476 e. The van der Waals surface area contributed by atoms with Crippen molar-refractivity contribution in [3.05, 3.63) is 88.4 Å². The minimum absolute atomic E-state index is 0.0974. The van der Waals surface area contributed by atoms with Crippen LogP contribution < -0.4 is 14.4 Å². The van der Waals surface area contributed by atoms with E-state index < -0.39 is 16.1 Å². The van der Waals surface area contributed by atoms with Crippen LogP contribution in [-0.2, 0) is 27.7 Å². The molecule has 1 aliphatic heterocycles. The van der Waals surface area contributed by atoms with Gasteiger partial charge in [-0.2, -0.15) is 0 Å². The van der Waals surface area contributed by atoms with Gasteiger partial charge in [0.2, 0.25) is 0 Å². The molecule has 0 saturated heterocycles. The monoisotopic (exact) mass is 510 g/mol. The van der Waals surface area contributed by atoms with Crippen LogP contribution in [0.25, 0.3) is 0 Å². The van der Waals surface area contributed by atoms with Gasteiger partial charge in [0.05, 0.1) is 23.2 Å². The fourth-order valence-electron chi connectivity index (χ4n) is 4.71. The Morgan fingerprint density at radius 1 is 1.03 bits per heavy atom. The Bertz CT molecular complexity index is 1360.